The number of hydrogen-bond donors (Lipinski definition) is 1. The highest BCUT2D eigenvalue weighted by Gasteiger charge is 2.43. The molecule has 0 radical (unpaired) electrons. The van der Waals surface area contributed by atoms with Gasteiger partial charge in [-0.1, -0.05) is 6.42 Å². The van der Waals surface area contributed by atoms with Crippen LogP contribution >= 0.6 is 0 Å². The molecular formula is C20H29N3O3. The van der Waals surface area contributed by atoms with Gasteiger partial charge in [0.25, 0.3) is 0 Å². The van der Waals surface area contributed by atoms with E-state index in [2.05, 4.69) is 10.2 Å². The van der Waals surface area contributed by atoms with E-state index in [0.717, 1.165) is 50.6 Å². The minimum atomic E-state index is -0.00394. The zero-order valence-electron chi connectivity index (χ0n) is 15.4. The summed E-state index contributed by atoms with van der Waals surface area (Å²) in [7, 11) is 0. The molecule has 4 rings (SSSR count). The first kappa shape index (κ1) is 17.6. The Balaban J connectivity index is 1.33. The molecule has 142 valence electrons. The molecule has 26 heavy (non-hydrogen) atoms. The molecule has 0 spiro atoms. The summed E-state index contributed by atoms with van der Waals surface area (Å²) in [4.78, 5) is 28.8. The third-order valence-corrected chi connectivity index (χ3v) is 5.98. The van der Waals surface area contributed by atoms with Gasteiger partial charge in [-0.25, -0.2) is 0 Å². The normalized spacial score (nSPS) is 27.5. The van der Waals surface area contributed by atoms with Gasteiger partial charge in [-0.05, 0) is 49.7 Å². The molecule has 1 saturated carbocycles. The molecule has 2 saturated heterocycles. The van der Waals surface area contributed by atoms with Crippen LogP contribution in [0.4, 0.5) is 0 Å². The summed E-state index contributed by atoms with van der Waals surface area (Å²) in [6.07, 6.45) is 7.87. The third-order valence-electron chi connectivity index (χ3n) is 5.98. The van der Waals surface area contributed by atoms with E-state index in [0.29, 0.717) is 18.9 Å². The summed E-state index contributed by atoms with van der Waals surface area (Å²) in [6, 6.07) is 4.11. The highest BCUT2D eigenvalue weighted by molar-refractivity contribution is 5.85. The molecular weight excluding hydrogens is 330 g/mol. The second-order valence-corrected chi connectivity index (χ2v) is 8.07. The average molecular weight is 359 g/mol. The first-order valence-electron chi connectivity index (χ1n) is 10.0. The Morgan fingerprint density at radius 1 is 1.23 bits per heavy atom. The summed E-state index contributed by atoms with van der Waals surface area (Å²) < 4.78 is 5.47. The van der Waals surface area contributed by atoms with E-state index in [1.807, 2.05) is 12.1 Å². The molecule has 2 amide bonds. The number of hydrogen-bond acceptors (Lipinski definition) is 4. The van der Waals surface area contributed by atoms with Crippen molar-refractivity contribution in [3.05, 3.63) is 24.2 Å². The Kier molecular flexibility index (Phi) is 5.29. The quantitative estimate of drug-likeness (QED) is 0.844. The molecule has 3 fully saturated rings. The molecule has 1 aromatic rings. The maximum absolute atomic E-state index is 12.6. The van der Waals surface area contributed by atoms with Crippen LogP contribution in [0.1, 0.15) is 44.3 Å². The molecule has 0 bridgehead atoms. The van der Waals surface area contributed by atoms with Crippen molar-refractivity contribution in [2.45, 2.75) is 51.1 Å². The minimum Gasteiger partial charge on any atom is -0.468 e. The maximum atomic E-state index is 12.6. The Morgan fingerprint density at radius 3 is 2.88 bits per heavy atom. The van der Waals surface area contributed by atoms with Crippen molar-refractivity contribution in [3.8, 4) is 0 Å². The topological polar surface area (TPSA) is 65.8 Å². The van der Waals surface area contributed by atoms with Crippen LogP contribution in [0.15, 0.2) is 22.8 Å². The van der Waals surface area contributed by atoms with Gasteiger partial charge >= 0.3 is 0 Å². The monoisotopic (exact) mass is 359 g/mol. The second-order valence-electron chi connectivity index (χ2n) is 8.07. The number of nitrogens with one attached hydrogen (secondary N) is 1. The van der Waals surface area contributed by atoms with E-state index in [-0.39, 0.29) is 24.4 Å². The Bertz CT molecular complexity index is 626. The summed E-state index contributed by atoms with van der Waals surface area (Å²) in [5.74, 6) is 2.36. The summed E-state index contributed by atoms with van der Waals surface area (Å²) in [6.45, 7) is 3.60. The number of carbonyl (C=O) groups is 2. The molecule has 2 aliphatic heterocycles. The fraction of sp³-hybridized carbons (Fsp3) is 0.700. The lowest BCUT2D eigenvalue weighted by molar-refractivity contribution is -0.135. The van der Waals surface area contributed by atoms with Gasteiger partial charge in [0.05, 0.1) is 19.4 Å². The fourth-order valence-corrected chi connectivity index (χ4v) is 4.45. The van der Waals surface area contributed by atoms with Crippen molar-refractivity contribution in [1.82, 2.24) is 15.1 Å². The second kappa shape index (κ2) is 7.82. The summed E-state index contributed by atoms with van der Waals surface area (Å²) in [5, 5.41) is 3.24. The minimum absolute atomic E-state index is 0.00394. The number of nitrogens with zero attached hydrogens (tertiary/aromatic N) is 2. The van der Waals surface area contributed by atoms with E-state index in [9.17, 15) is 9.59 Å². The van der Waals surface area contributed by atoms with Crippen LogP contribution in [-0.4, -0.2) is 53.8 Å². The van der Waals surface area contributed by atoms with E-state index in [4.69, 9.17) is 4.42 Å². The molecule has 3 aliphatic rings. The van der Waals surface area contributed by atoms with Crippen LogP contribution in [0.2, 0.25) is 0 Å². The van der Waals surface area contributed by atoms with E-state index < -0.39 is 0 Å². The van der Waals surface area contributed by atoms with Gasteiger partial charge in [0.2, 0.25) is 11.8 Å². The smallest absolute Gasteiger partial charge is 0.239 e. The number of rotatable bonds is 6. The predicted octanol–water partition coefficient (Wildman–Crippen LogP) is 2.01. The van der Waals surface area contributed by atoms with E-state index in [1.165, 1.54) is 12.8 Å². The lowest BCUT2D eigenvalue weighted by Gasteiger charge is -2.23. The zero-order valence-corrected chi connectivity index (χ0v) is 15.4. The van der Waals surface area contributed by atoms with Gasteiger partial charge in [0.1, 0.15) is 5.76 Å². The van der Waals surface area contributed by atoms with Crippen molar-refractivity contribution in [3.63, 3.8) is 0 Å². The standard InChI is InChI=1S/C20H29N3O3/c24-19(14-23-9-3-1-2-6-20(23)25)21-18-13-22(11-16-5-4-10-26-16)12-17(18)15-7-8-15/h4-5,10,15,17-18H,1-3,6-9,11-14H2,(H,21,24)/t17-,18+/m1/s1. The molecule has 6 nitrogen and oxygen atoms in total. The first-order valence-corrected chi connectivity index (χ1v) is 10.0. The van der Waals surface area contributed by atoms with Gasteiger partial charge in [-0.2, -0.15) is 0 Å². The summed E-state index contributed by atoms with van der Waals surface area (Å²) in [5.41, 5.74) is 0. The van der Waals surface area contributed by atoms with Crippen LogP contribution in [0.3, 0.4) is 0 Å². The Labute approximate surface area is 154 Å². The number of furan rings is 1. The molecule has 0 unspecified atom stereocenters. The molecule has 1 N–H and O–H groups in total. The summed E-state index contributed by atoms with van der Waals surface area (Å²) >= 11 is 0. The van der Waals surface area contributed by atoms with Crippen LogP contribution in [0.25, 0.3) is 0 Å². The van der Waals surface area contributed by atoms with Gasteiger partial charge < -0.3 is 14.6 Å². The van der Waals surface area contributed by atoms with Gasteiger partial charge in [-0.3, -0.25) is 14.5 Å². The average Bonchev–Trinajstić information content (AvgIpc) is 3.26. The number of amides is 2. The molecule has 0 aromatic carbocycles. The van der Waals surface area contributed by atoms with Crippen molar-refractivity contribution in [2.75, 3.05) is 26.2 Å². The highest BCUT2D eigenvalue weighted by Crippen LogP contribution is 2.41. The molecule has 3 heterocycles. The molecule has 6 heteroatoms. The van der Waals surface area contributed by atoms with Crippen LogP contribution in [0.5, 0.6) is 0 Å². The number of likely N-dealkylation sites (tertiary alicyclic amines) is 2. The van der Waals surface area contributed by atoms with E-state index >= 15 is 0 Å². The largest absolute Gasteiger partial charge is 0.468 e. The van der Waals surface area contributed by atoms with Crippen molar-refractivity contribution < 1.29 is 14.0 Å². The van der Waals surface area contributed by atoms with E-state index in [1.54, 1.807) is 11.2 Å². The first-order chi connectivity index (χ1) is 12.7. The van der Waals surface area contributed by atoms with Crippen LogP contribution < -0.4 is 5.32 Å². The molecule has 2 atom stereocenters. The molecule has 1 aromatic heterocycles. The van der Waals surface area contributed by atoms with Crippen LogP contribution in [0, 0.1) is 11.8 Å². The van der Waals surface area contributed by atoms with Crippen molar-refractivity contribution in [2.24, 2.45) is 11.8 Å². The lowest BCUT2D eigenvalue weighted by atomic mass is 9.98. The SMILES string of the molecule is O=C(CN1CCCCCC1=O)N[C@H]1CN(Cc2ccco2)C[C@@H]1C1CC1. The van der Waals surface area contributed by atoms with Gasteiger partial charge in [-0.15, -0.1) is 0 Å². The predicted molar refractivity (Wildman–Crippen MR) is 97.2 cm³/mol. The zero-order chi connectivity index (χ0) is 17.9. The Morgan fingerprint density at radius 2 is 2.12 bits per heavy atom. The fourth-order valence-electron chi connectivity index (χ4n) is 4.45. The van der Waals surface area contributed by atoms with Crippen LogP contribution in [-0.2, 0) is 16.1 Å². The van der Waals surface area contributed by atoms with Crippen molar-refractivity contribution in [1.29, 1.82) is 0 Å². The molecule has 1 aliphatic carbocycles. The highest BCUT2D eigenvalue weighted by atomic mass is 16.3. The maximum Gasteiger partial charge on any atom is 0.239 e. The van der Waals surface area contributed by atoms with Crippen molar-refractivity contribution >= 4 is 11.8 Å². The lowest BCUT2D eigenvalue weighted by Crippen LogP contribution is -2.47. The Hall–Kier alpha value is -1.82. The third kappa shape index (κ3) is 4.29. The van der Waals surface area contributed by atoms with Gasteiger partial charge in [0.15, 0.2) is 0 Å². The number of carbonyl (C=O) groups excluding carboxylic acids is 2. The van der Waals surface area contributed by atoms with Gasteiger partial charge in [0, 0.05) is 32.1 Å².